The van der Waals surface area contributed by atoms with Gasteiger partial charge in [0.15, 0.2) is 0 Å². The van der Waals surface area contributed by atoms with Crippen molar-refractivity contribution in [2.75, 3.05) is 0 Å². The standard InChI is InChI=1S/C48H30O/c1-2-11-31(12-3-1)32-21-23-33(24-22-32)34-25-27-35(28-26-34)46-38-15-6-8-17-40(38)47(41-18-9-7-16-39(41)46)42-19-10-20-44-48(42)43-29-36-13-4-5-14-37(36)30-45(43)49-44/h1-30H/i21D,22D,23D,24D. The fourth-order valence-corrected chi connectivity index (χ4v) is 7.46. The van der Waals surface area contributed by atoms with E-state index in [1.807, 2.05) is 54.6 Å². The lowest BCUT2D eigenvalue weighted by atomic mass is 9.84. The van der Waals surface area contributed by atoms with Crippen LogP contribution in [0.15, 0.2) is 186 Å². The second kappa shape index (κ2) is 11.1. The average molecular weight is 627 g/mol. The van der Waals surface area contributed by atoms with Crippen molar-refractivity contribution in [1.29, 1.82) is 0 Å². The highest BCUT2D eigenvalue weighted by Gasteiger charge is 2.20. The van der Waals surface area contributed by atoms with Gasteiger partial charge in [-0.2, -0.15) is 0 Å². The van der Waals surface area contributed by atoms with Crippen LogP contribution < -0.4 is 0 Å². The Morgan fingerprint density at radius 1 is 0.347 bits per heavy atom. The molecule has 1 heterocycles. The number of hydrogen-bond donors (Lipinski definition) is 0. The van der Waals surface area contributed by atoms with E-state index in [-0.39, 0.29) is 24.2 Å². The van der Waals surface area contributed by atoms with Crippen LogP contribution in [0, 0.1) is 0 Å². The maximum atomic E-state index is 8.94. The highest BCUT2D eigenvalue weighted by atomic mass is 16.3. The van der Waals surface area contributed by atoms with Gasteiger partial charge in [0.2, 0.25) is 0 Å². The summed E-state index contributed by atoms with van der Waals surface area (Å²) in [6.07, 6.45) is 0. The Bertz CT molecular complexity index is 3000. The van der Waals surface area contributed by atoms with Gasteiger partial charge in [-0.15, -0.1) is 0 Å². The van der Waals surface area contributed by atoms with Gasteiger partial charge in [-0.05, 0) is 95.0 Å². The third-order valence-corrected chi connectivity index (χ3v) is 9.71. The van der Waals surface area contributed by atoms with Gasteiger partial charge in [-0.1, -0.05) is 164 Å². The predicted octanol–water partition coefficient (Wildman–Crippen LogP) is 13.7. The molecule has 49 heavy (non-hydrogen) atoms. The third kappa shape index (κ3) is 4.47. The van der Waals surface area contributed by atoms with Crippen LogP contribution in [0.3, 0.4) is 0 Å². The zero-order valence-corrected chi connectivity index (χ0v) is 26.4. The van der Waals surface area contributed by atoms with E-state index < -0.39 is 0 Å². The van der Waals surface area contributed by atoms with Crippen LogP contribution in [-0.4, -0.2) is 0 Å². The molecule has 9 aromatic carbocycles. The van der Waals surface area contributed by atoms with Gasteiger partial charge in [-0.25, -0.2) is 0 Å². The van der Waals surface area contributed by atoms with Gasteiger partial charge in [0, 0.05) is 10.8 Å². The lowest BCUT2D eigenvalue weighted by Crippen LogP contribution is -1.91. The van der Waals surface area contributed by atoms with Crippen molar-refractivity contribution in [3.8, 4) is 44.5 Å². The van der Waals surface area contributed by atoms with Crippen LogP contribution >= 0.6 is 0 Å². The number of fused-ring (bicyclic) bond motifs is 6. The van der Waals surface area contributed by atoms with Crippen molar-refractivity contribution in [3.63, 3.8) is 0 Å². The molecule has 0 aliphatic heterocycles. The number of furan rings is 1. The van der Waals surface area contributed by atoms with E-state index in [0.717, 1.165) is 71.1 Å². The second-order valence-corrected chi connectivity index (χ2v) is 12.5. The number of hydrogen-bond acceptors (Lipinski definition) is 1. The normalized spacial score (nSPS) is 12.8. The van der Waals surface area contributed by atoms with E-state index >= 15 is 0 Å². The van der Waals surface area contributed by atoms with Crippen LogP contribution in [0.2, 0.25) is 0 Å². The molecular weight excluding hydrogens is 593 g/mol. The summed E-state index contributed by atoms with van der Waals surface area (Å²) < 4.78 is 42.0. The van der Waals surface area contributed by atoms with E-state index in [1.54, 1.807) is 0 Å². The van der Waals surface area contributed by atoms with Crippen LogP contribution in [0.5, 0.6) is 0 Å². The maximum Gasteiger partial charge on any atom is 0.136 e. The largest absolute Gasteiger partial charge is 0.456 e. The molecule has 0 fully saturated rings. The first-order chi connectivity index (χ1) is 26.0. The molecule has 1 nitrogen and oxygen atoms in total. The van der Waals surface area contributed by atoms with Crippen LogP contribution in [0.1, 0.15) is 5.48 Å². The Labute approximate surface area is 289 Å². The van der Waals surface area contributed by atoms with Gasteiger partial charge in [-0.3, -0.25) is 0 Å². The summed E-state index contributed by atoms with van der Waals surface area (Å²) in [7, 11) is 0. The summed E-state index contributed by atoms with van der Waals surface area (Å²) in [4.78, 5) is 0. The minimum atomic E-state index is -0.0493. The van der Waals surface area contributed by atoms with Gasteiger partial charge in [0.05, 0.1) is 5.48 Å². The highest BCUT2D eigenvalue weighted by Crippen LogP contribution is 2.47. The molecule has 0 saturated heterocycles. The average Bonchev–Trinajstić information content (AvgIpc) is 3.57. The predicted molar refractivity (Wildman–Crippen MR) is 208 cm³/mol. The Balaban J connectivity index is 1.18. The van der Waals surface area contributed by atoms with E-state index in [9.17, 15) is 0 Å². The smallest absolute Gasteiger partial charge is 0.136 e. The molecule has 0 bridgehead atoms. The lowest BCUT2D eigenvalue weighted by molar-refractivity contribution is 0.669. The first-order valence-electron chi connectivity index (χ1n) is 18.5. The Morgan fingerprint density at radius 2 is 0.857 bits per heavy atom. The summed E-state index contributed by atoms with van der Waals surface area (Å²) in [5.41, 5.74) is 8.01. The highest BCUT2D eigenvalue weighted by molar-refractivity contribution is 6.26. The molecule has 10 aromatic rings. The van der Waals surface area contributed by atoms with E-state index in [1.165, 1.54) is 5.39 Å². The summed E-state index contributed by atoms with van der Waals surface area (Å²) >= 11 is 0. The lowest BCUT2D eigenvalue weighted by Gasteiger charge is -2.18. The molecule has 0 amide bonds. The summed E-state index contributed by atoms with van der Waals surface area (Å²) in [6.45, 7) is 0. The Hall–Kier alpha value is -6.44. The minimum Gasteiger partial charge on any atom is -0.456 e. The maximum absolute atomic E-state index is 8.94. The van der Waals surface area contributed by atoms with Crippen molar-refractivity contribution in [2.24, 2.45) is 0 Å². The minimum absolute atomic E-state index is 0.0440. The zero-order chi connectivity index (χ0) is 35.8. The van der Waals surface area contributed by atoms with Crippen molar-refractivity contribution >= 4 is 54.3 Å². The van der Waals surface area contributed by atoms with E-state index in [0.29, 0.717) is 22.3 Å². The number of rotatable bonds is 4. The van der Waals surface area contributed by atoms with Crippen molar-refractivity contribution < 1.29 is 9.90 Å². The van der Waals surface area contributed by atoms with Crippen molar-refractivity contribution in [3.05, 3.63) is 182 Å². The van der Waals surface area contributed by atoms with E-state index in [2.05, 4.69) is 103 Å². The molecular formula is C48H30O. The zero-order valence-electron chi connectivity index (χ0n) is 30.4. The second-order valence-electron chi connectivity index (χ2n) is 12.5. The van der Waals surface area contributed by atoms with Crippen LogP contribution in [-0.2, 0) is 0 Å². The van der Waals surface area contributed by atoms with Crippen LogP contribution in [0.4, 0.5) is 0 Å². The molecule has 0 saturated carbocycles. The molecule has 1 heteroatoms. The van der Waals surface area contributed by atoms with Crippen molar-refractivity contribution in [2.45, 2.75) is 0 Å². The topological polar surface area (TPSA) is 13.1 Å². The Kier molecular flexibility index (Phi) is 5.38. The molecule has 0 radical (unpaired) electrons. The van der Waals surface area contributed by atoms with Gasteiger partial charge in [0.1, 0.15) is 11.2 Å². The summed E-state index contributed by atoms with van der Waals surface area (Å²) in [5.74, 6) is 0. The van der Waals surface area contributed by atoms with Gasteiger partial charge < -0.3 is 4.42 Å². The SMILES string of the molecule is [2H]c1c([2H])c(-c2ccc(-c3c4ccccc4c(-c4cccc5oc6cc7ccccc7cc6c45)c4ccccc34)cc2)c([2H])c([2H])c1-c1ccccc1. The molecule has 0 N–H and O–H groups in total. The summed E-state index contributed by atoms with van der Waals surface area (Å²) in [6, 6.07) is 53.1. The molecule has 0 aliphatic carbocycles. The van der Waals surface area contributed by atoms with Gasteiger partial charge in [0.25, 0.3) is 0 Å². The molecule has 228 valence electrons. The quantitative estimate of drug-likeness (QED) is 0.177. The molecule has 0 aliphatic rings. The third-order valence-electron chi connectivity index (χ3n) is 9.71. The van der Waals surface area contributed by atoms with E-state index in [4.69, 9.17) is 9.90 Å². The fourth-order valence-electron chi connectivity index (χ4n) is 7.46. The monoisotopic (exact) mass is 626 g/mol. The Morgan fingerprint density at radius 3 is 1.49 bits per heavy atom. The molecule has 0 atom stereocenters. The first-order valence-corrected chi connectivity index (χ1v) is 16.5. The summed E-state index contributed by atoms with van der Waals surface area (Å²) in [5, 5.41) is 8.99. The van der Waals surface area contributed by atoms with Crippen molar-refractivity contribution in [1.82, 2.24) is 0 Å². The number of benzene rings is 9. The van der Waals surface area contributed by atoms with Gasteiger partial charge >= 0.3 is 0 Å². The molecule has 0 unspecified atom stereocenters. The van der Waals surface area contributed by atoms with Crippen LogP contribution in [0.25, 0.3) is 98.8 Å². The first kappa shape index (κ1) is 23.8. The fraction of sp³-hybridized carbons (Fsp3) is 0. The molecule has 0 spiro atoms. The molecule has 10 rings (SSSR count). The molecule has 1 aromatic heterocycles.